The normalized spacial score (nSPS) is 10.8. The van der Waals surface area contributed by atoms with Gasteiger partial charge in [-0.05, 0) is 25.0 Å². The number of carbonyl (C=O) groups excluding carboxylic acids is 2. The summed E-state index contributed by atoms with van der Waals surface area (Å²) in [5, 5.41) is 6.83. The van der Waals surface area contributed by atoms with Gasteiger partial charge in [-0.25, -0.2) is 0 Å². The van der Waals surface area contributed by atoms with Crippen molar-refractivity contribution in [2.45, 2.75) is 46.0 Å². The highest BCUT2D eigenvalue weighted by molar-refractivity contribution is 5.93. The third-order valence-electron chi connectivity index (χ3n) is 4.03. The minimum Gasteiger partial charge on any atom is -0.356 e. The molecule has 2 N–H and O–H groups in total. The van der Waals surface area contributed by atoms with Crippen molar-refractivity contribution in [3.05, 3.63) is 36.5 Å². The second-order valence-electron chi connectivity index (χ2n) is 6.57. The lowest BCUT2D eigenvalue weighted by Gasteiger charge is -2.08. The van der Waals surface area contributed by atoms with Crippen LogP contribution in [0.3, 0.4) is 0 Å². The highest BCUT2D eigenvalue weighted by Crippen LogP contribution is 2.16. The first kappa shape index (κ1) is 18.9. The molecule has 0 atom stereocenters. The Morgan fingerprint density at radius 3 is 2.64 bits per heavy atom. The molecule has 0 saturated carbocycles. The summed E-state index contributed by atoms with van der Waals surface area (Å²) in [6.45, 7) is 4.49. The van der Waals surface area contributed by atoms with E-state index in [1.165, 1.54) is 0 Å². The largest absolute Gasteiger partial charge is 0.356 e. The fourth-order valence-electron chi connectivity index (χ4n) is 2.54. The van der Waals surface area contributed by atoms with Crippen molar-refractivity contribution in [1.29, 1.82) is 0 Å². The minimum atomic E-state index is 0.0187. The van der Waals surface area contributed by atoms with Gasteiger partial charge in [0.1, 0.15) is 0 Å². The molecule has 134 valence electrons. The molecule has 0 unspecified atom stereocenters. The number of nitrogens with one attached hydrogen (secondary N) is 2. The lowest BCUT2D eigenvalue weighted by atomic mass is 10.1. The van der Waals surface area contributed by atoms with E-state index in [4.69, 9.17) is 0 Å². The van der Waals surface area contributed by atoms with Crippen molar-refractivity contribution in [1.82, 2.24) is 10.3 Å². The summed E-state index contributed by atoms with van der Waals surface area (Å²) in [4.78, 5) is 27.8. The third kappa shape index (κ3) is 6.53. The zero-order valence-corrected chi connectivity index (χ0v) is 15.0. The molecule has 0 radical (unpaired) electrons. The molecular formula is C20H27N3O2. The van der Waals surface area contributed by atoms with Gasteiger partial charge >= 0.3 is 0 Å². The van der Waals surface area contributed by atoms with Crippen LogP contribution in [-0.4, -0.2) is 23.3 Å². The van der Waals surface area contributed by atoms with Gasteiger partial charge in [0.2, 0.25) is 11.8 Å². The number of hydrogen-bond donors (Lipinski definition) is 2. The molecule has 5 heteroatoms. The van der Waals surface area contributed by atoms with Crippen LogP contribution in [0.2, 0.25) is 0 Å². The summed E-state index contributed by atoms with van der Waals surface area (Å²) in [6.07, 6.45) is 6.01. The van der Waals surface area contributed by atoms with Crippen LogP contribution in [0.5, 0.6) is 0 Å². The van der Waals surface area contributed by atoms with Gasteiger partial charge in [-0.15, -0.1) is 0 Å². The van der Waals surface area contributed by atoms with Gasteiger partial charge in [0.15, 0.2) is 0 Å². The average Bonchev–Trinajstić information content (AvgIpc) is 2.60. The standard InChI is InChI=1S/C20H27N3O2/c1-15(2)20(25)21-12-8-4-3-5-11-19(24)23-17-13-16-9-6-7-10-18(16)22-14-17/h6-7,9-10,13-15H,3-5,8,11-12H2,1-2H3,(H,21,25)(H,23,24). The second-order valence-corrected chi connectivity index (χ2v) is 6.57. The van der Waals surface area contributed by atoms with Gasteiger partial charge in [-0.2, -0.15) is 0 Å². The van der Waals surface area contributed by atoms with Crippen LogP contribution in [0.15, 0.2) is 36.5 Å². The zero-order valence-electron chi connectivity index (χ0n) is 15.0. The van der Waals surface area contributed by atoms with Crippen LogP contribution in [0, 0.1) is 5.92 Å². The van der Waals surface area contributed by atoms with Gasteiger partial charge in [0.25, 0.3) is 0 Å². The topological polar surface area (TPSA) is 71.1 Å². The van der Waals surface area contributed by atoms with Crippen molar-refractivity contribution in [3.63, 3.8) is 0 Å². The maximum Gasteiger partial charge on any atom is 0.224 e. The Morgan fingerprint density at radius 2 is 1.84 bits per heavy atom. The summed E-state index contributed by atoms with van der Waals surface area (Å²) < 4.78 is 0. The molecule has 0 spiro atoms. The molecule has 2 rings (SSSR count). The molecule has 0 aliphatic heterocycles. The van der Waals surface area contributed by atoms with Crippen LogP contribution in [0.4, 0.5) is 5.69 Å². The van der Waals surface area contributed by atoms with Gasteiger partial charge < -0.3 is 10.6 Å². The molecule has 0 bridgehead atoms. The van der Waals surface area contributed by atoms with Gasteiger partial charge in [-0.1, -0.05) is 44.9 Å². The first-order chi connectivity index (χ1) is 12.1. The quantitative estimate of drug-likeness (QED) is 0.680. The fourth-order valence-corrected chi connectivity index (χ4v) is 2.54. The number of aromatic nitrogens is 1. The first-order valence-corrected chi connectivity index (χ1v) is 8.98. The number of carbonyl (C=O) groups is 2. The molecule has 0 saturated heterocycles. The van der Waals surface area contributed by atoms with Crippen LogP contribution in [0.1, 0.15) is 46.0 Å². The van der Waals surface area contributed by atoms with E-state index in [1.54, 1.807) is 6.20 Å². The maximum atomic E-state index is 12.0. The highest BCUT2D eigenvalue weighted by atomic mass is 16.2. The number of hydrogen-bond acceptors (Lipinski definition) is 3. The number of pyridine rings is 1. The summed E-state index contributed by atoms with van der Waals surface area (Å²) in [5.74, 6) is 0.154. The van der Waals surface area contributed by atoms with E-state index in [-0.39, 0.29) is 17.7 Å². The summed E-state index contributed by atoms with van der Waals surface area (Å²) >= 11 is 0. The van der Waals surface area contributed by atoms with Gasteiger partial charge in [0, 0.05) is 24.3 Å². The molecule has 1 aromatic heterocycles. The van der Waals surface area contributed by atoms with E-state index < -0.39 is 0 Å². The van der Waals surface area contributed by atoms with E-state index in [1.807, 2.05) is 44.2 Å². The van der Waals surface area contributed by atoms with Crippen molar-refractivity contribution >= 4 is 28.4 Å². The molecule has 1 aromatic carbocycles. The number of amides is 2. The predicted molar refractivity (Wildman–Crippen MR) is 101 cm³/mol. The smallest absolute Gasteiger partial charge is 0.224 e. The lowest BCUT2D eigenvalue weighted by Crippen LogP contribution is -2.28. The molecule has 2 amide bonds. The first-order valence-electron chi connectivity index (χ1n) is 8.98. The molecule has 0 aliphatic rings. The second kappa shape index (κ2) is 9.77. The average molecular weight is 341 g/mol. The van der Waals surface area contributed by atoms with Crippen LogP contribution >= 0.6 is 0 Å². The minimum absolute atomic E-state index is 0.0187. The predicted octanol–water partition coefficient (Wildman–Crippen LogP) is 3.90. The molecule has 1 heterocycles. The number of nitrogens with zero attached hydrogens (tertiary/aromatic N) is 1. The fraction of sp³-hybridized carbons (Fsp3) is 0.450. The van der Waals surface area contributed by atoms with Gasteiger partial charge in [0.05, 0.1) is 17.4 Å². The molecule has 25 heavy (non-hydrogen) atoms. The SMILES string of the molecule is CC(C)C(=O)NCCCCCCC(=O)Nc1cnc2ccccc2c1. The zero-order chi connectivity index (χ0) is 18.1. The van der Waals surface area contributed by atoms with Crippen LogP contribution in [-0.2, 0) is 9.59 Å². The van der Waals surface area contributed by atoms with Gasteiger partial charge in [-0.3, -0.25) is 14.6 Å². The van der Waals surface area contributed by atoms with Crippen molar-refractivity contribution < 1.29 is 9.59 Å². The van der Waals surface area contributed by atoms with E-state index in [2.05, 4.69) is 15.6 Å². The summed E-state index contributed by atoms with van der Waals surface area (Å²) in [6, 6.07) is 9.78. The number of fused-ring (bicyclic) bond motifs is 1. The molecular weight excluding hydrogens is 314 g/mol. The maximum absolute atomic E-state index is 12.0. The van der Waals surface area contributed by atoms with Crippen LogP contribution < -0.4 is 10.6 Å². The molecule has 5 nitrogen and oxygen atoms in total. The number of rotatable bonds is 9. The Kier molecular flexibility index (Phi) is 7.38. The highest BCUT2D eigenvalue weighted by Gasteiger charge is 2.06. The van der Waals surface area contributed by atoms with E-state index in [9.17, 15) is 9.59 Å². The summed E-state index contributed by atoms with van der Waals surface area (Å²) in [7, 11) is 0. The Labute approximate surface area is 149 Å². The van der Waals surface area contributed by atoms with Crippen LogP contribution in [0.25, 0.3) is 10.9 Å². The molecule has 0 fully saturated rings. The summed E-state index contributed by atoms with van der Waals surface area (Å²) in [5.41, 5.74) is 1.66. The van der Waals surface area contributed by atoms with Crippen molar-refractivity contribution in [2.75, 3.05) is 11.9 Å². The number of anilines is 1. The van der Waals surface area contributed by atoms with Crippen molar-refractivity contribution in [2.24, 2.45) is 5.92 Å². The number of para-hydroxylation sites is 1. The lowest BCUT2D eigenvalue weighted by molar-refractivity contribution is -0.124. The third-order valence-corrected chi connectivity index (χ3v) is 4.03. The Hall–Kier alpha value is -2.43. The molecule has 2 aromatic rings. The Balaban J connectivity index is 1.61. The molecule has 0 aliphatic carbocycles. The Bertz CT molecular complexity index is 713. The number of unbranched alkanes of at least 4 members (excludes halogenated alkanes) is 3. The van der Waals surface area contributed by atoms with E-state index in [0.29, 0.717) is 13.0 Å². The monoisotopic (exact) mass is 341 g/mol. The van der Waals surface area contributed by atoms with Crippen molar-refractivity contribution in [3.8, 4) is 0 Å². The Morgan fingerprint density at radius 1 is 1.08 bits per heavy atom. The van der Waals surface area contributed by atoms with E-state index >= 15 is 0 Å². The number of benzene rings is 1. The van der Waals surface area contributed by atoms with E-state index in [0.717, 1.165) is 42.3 Å².